The van der Waals surface area contributed by atoms with E-state index in [1.54, 1.807) is 5.32 Å². The molecule has 0 atom stereocenters. The van der Waals surface area contributed by atoms with Crippen LogP contribution in [-0.4, -0.2) is 31.3 Å². The van der Waals surface area contributed by atoms with Gasteiger partial charge < -0.3 is 16.0 Å². The lowest BCUT2D eigenvalue weighted by molar-refractivity contribution is -0.143. The first-order valence-corrected chi connectivity index (χ1v) is 7.01. The molecule has 3 N–H and O–H groups in total. The third-order valence-electron chi connectivity index (χ3n) is 2.92. The molecule has 0 saturated carbocycles. The van der Waals surface area contributed by atoms with Gasteiger partial charge in [0, 0.05) is 18.8 Å². The van der Waals surface area contributed by atoms with Crippen LogP contribution in [0.3, 0.4) is 0 Å². The van der Waals surface area contributed by atoms with Gasteiger partial charge in [0.1, 0.15) is 0 Å². The predicted molar refractivity (Wildman–Crippen MR) is 76.8 cm³/mol. The summed E-state index contributed by atoms with van der Waals surface area (Å²) in [6, 6.07) is 0.471. The molecule has 0 fully saturated rings. The number of hydrogen-bond acceptors (Lipinski definition) is 3. The van der Waals surface area contributed by atoms with Gasteiger partial charge in [0.2, 0.25) is 6.41 Å². The number of amides is 3. The Hall–Kier alpha value is -2.79. The van der Waals surface area contributed by atoms with Crippen molar-refractivity contribution in [1.29, 1.82) is 0 Å². The van der Waals surface area contributed by atoms with Crippen LogP contribution < -0.4 is 16.0 Å². The molecule has 0 aliphatic carbocycles. The number of rotatable bonds is 6. The highest BCUT2D eigenvalue weighted by Crippen LogP contribution is 2.37. The van der Waals surface area contributed by atoms with Crippen molar-refractivity contribution in [1.82, 2.24) is 10.6 Å². The van der Waals surface area contributed by atoms with E-state index >= 15 is 0 Å². The van der Waals surface area contributed by atoms with Crippen LogP contribution in [0, 0.1) is 0 Å². The standard InChI is InChI=1S/C14H13F6N3O3/c15-13(16,17)8-4-9(14(18,19)20)6-10(5-8)23-12(26)11(25)22-3-1-2-21-7-24/h4-7H,1-3H2,(H,21,24)(H,22,25)(H,23,26). The van der Waals surface area contributed by atoms with E-state index in [9.17, 15) is 40.7 Å². The van der Waals surface area contributed by atoms with Gasteiger partial charge in [-0.25, -0.2) is 0 Å². The molecule has 12 heteroatoms. The van der Waals surface area contributed by atoms with Gasteiger partial charge in [-0.05, 0) is 24.6 Å². The van der Waals surface area contributed by atoms with Crippen LogP contribution in [0.2, 0.25) is 0 Å². The normalized spacial score (nSPS) is 11.6. The largest absolute Gasteiger partial charge is 0.416 e. The Morgan fingerprint density at radius 2 is 1.42 bits per heavy atom. The minimum Gasteiger partial charge on any atom is -0.359 e. The highest BCUT2D eigenvalue weighted by atomic mass is 19.4. The summed E-state index contributed by atoms with van der Waals surface area (Å²) >= 11 is 0. The van der Waals surface area contributed by atoms with Crippen molar-refractivity contribution in [3.05, 3.63) is 29.3 Å². The molecular formula is C14H13F6N3O3. The smallest absolute Gasteiger partial charge is 0.359 e. The Kier molecular flexibility index (Phi) is 6.98. The van der Waals surface area contributed by atoms with E-state index in [1.165, 1.54) is 0 Å². The zero-order chi connectivity index (χ0) is 20.0. The van der Waals surface area contributed by atoms with E-state index in [2.05, 4.69) is 10.6 Å². The molecule has 1 aromatic carbocycles. The van der Waals surface area contributed by atoms with Crippen molar-refractivity contribution in [2.75, 3.05) is 18.4 Å². The highest BCUT2D eigenvalue weighted by molar-refractivity contribution is 6.39. The molecule has 0 radical (unpaired) electrons. The molecule has 0 saturated heterocycles. The second kappa shape index (κ2) is 8.54. The van der Waals surface area contributed by atoms with Crippen LogP contribution in [0.15, 0.2) is 18.2 Å². The fourth-order valence-corrected chi connectivity index (χ4v) is 1.75. The summed E-state index contributed by atoms with van der Waals surface area (Å²) in [7, 11) is 0. The minimum absolute atomic E-state index is 0.0382. The lowest BCUT2D eigenvalue weighted by Crippen LogP contribution is -2.36. The fraction of sp³-hybridized carbons (Fsp3) is 0.357. The number of carbonyl (C=O) groups is 3. The number of carbonyl (C=O) groups excluding carboxylic acids is 3. The number of hydrogen-bond donors (Lipinski definition) is 3. The van der Waals surface area contributed by atoms with Crippen molar-refractivity contribution in [3.63, 3.8) is 0 Å². The van der Waals surface area contributed by atoms with E-state index in [0.29, 0.717) is 6.41 Å². The zero-order valence-corrected chi connectivity index (χ0v) is 12.9. The van der Waals surface area contributed by atoms with E-state index in [-0.39, 0.29) is 37.7 Å². The third kappa shape index (κ3) is 6.61. The topological polar surface area (TPSA) is 87.3 Å². The van der Waals surface area contributed by atoms with Gasteiger partial charge in [-0.1, -0.05) is 0 Å². The van der Waals surface area contributed by atoms with Gasteiger partial charge in [-0.3, -0.25) is 14.4 Å². The molecule has 26 heavy (non-hydrogen) atoms. The summed E-state index contributed by atoms with van der Waals surface area (Å²) in [6.07, 6.45) is -9.47. The zero-order valence-electron chi connectivity index (χ0n) is 12.9. The van der Waals surface area contributed by atoms with Crippen molar-refractivity contribution >= 4 is 23.9 Å². The molecule has 3 amide bonds. The molecule has 0 aliphatic heterocycles. The Labute approximate surface area is 142 Å². The quantitative estimate of drug-likeness (QED) is 0.303. The van der Waals surface area contributed by atoms with Crippen LogP contribution in [-0.2, 0) is 26.7 Å². The summed E-state index contributed by atoms with van der Waals surface area (Å²) in [5.74, 6) is -2.68. The summed E-state index contributed by atoms with van der Waals surface area (Å²) in [4.78, 5) is 33.1. The summed E-state index contributed by atoms with van der Waals surface area (Å²) in [5.41, 5.74) is -4.07. The average molecular weight is 385 g/mol. The number of alkyl halides is 6. The lowest BCUT2D eigenvalue weighted by atomic mass is 10.1. The second-order valence-electron chi connectivity index (χ2n) is 4.93. The van der Waals surface area contributed by atoms with Gasteiger partial charge in [0.15, 0.2) is 0 Å². The van der Waals surface area contributed by atoms with Gasteiger partial charge >= 0.3 is 24.2 Å². The first-order chi connectivity index (χ1) is 11.9. The molecule has 1 aromatic rings. The summed E-state index contributed by atoms with van der Waals surface area (Å²) in [6.45, 7) is 0.164. The molecule has 0 aromatic heterocycles. The molecule has 0 aliphatic rings. The maximum absolute atomic E-state index is 12.7. The molecule has 0 unspecified atom stereocenters. The molecule has 0 spiro atoms. The SMILES string of the molecule is O=CNCCCNC(=O)C(=O)Nc1cc(C(F)(F)F)cc(C(F)(F)F)c1. The van der Waals surface area contributed by atoms with Crippen LogP contribution in [0.5, 0.6) is 0 Å². The van der Waals surface area contributed by atoms with Crippen molar-refractivity contribution in [2.24, 2.45) is 0 Å². The van der Waals surface area contributed by atoms with Crippen LogP contribution in [0.1, 0.15) is 17.5 Å². The Bertz CT molecular complexity index is 641. The van der Waals surface area contributed by atoms with Gasteiger partial charge in [-0.2, -0.15) is 26.3 Å². The Morgan fingerprint density at radius 3 is 1.88 bits per heavy atom. The minimum atomic E-state index is -5.07. The van der Waals surface area contributed by atoms with E-state index in [0.717, 1.165) is 0 Å². The van der Waals surface area contributed by atoms with Crippen molar-refractivity contribution in [2.45, 2.75) is 18.8 Å². The molecule has 0 heterocycles. The maximum Gasteiger partial charge on any atom is 0.416 e. The molecular weight excluding hydrogens is 372 g/mol. The second-order valence-corrected chi connectivity index (χ2v) is 4.93. The number of halogens is 6. The van der Waals surface area contributed by atoms with Gasteiger partial charge in [-0.15, -0.1) is 0 Å². The van der Waals surface area contributed by atoms with Crippen molar-refractivity contribution in [3.8, 4) is 0 Å². The summed E-state index contributed by atoms with van der Waals surface area (Å²) < 4.78 is 76.3. The van der Waals surface area contributed by atoms with E-state index < -0.39 is 41.0 Å². The first-order valence-electron chi connectivity index (χ1n) is 7.01. The van der Waals surface area contributed by atoms with Crippen molar-refractivity contribution < 1.29 is 40.7 Å². The average Bonchev–Trinajstić information content (AvgIpc) is 2.52. The number of anilines is 1. The summed E-state index contributed by atoms with van der Waals surface area (Å²) in [5, 5.41) is 6.08. The highest BCUT2D eigenvalue weighted by Gasteiger charge is 2.37. The fourth-order valence-electron chi connectivity index (χ4n) is 1.75. The predicted octanol–water partition coefficient (Wildman–Crippen LogP) is 1.91. The third-order valence-corrected chi connectivity index (χ3v) is 2.92. The molecule has 0 bridgehead atoms. The van der Waals surface area contributed by atoms with Crippen LogP contribution in [0.25, 0.3) is 0 Å². The number of nitrogens with one attached hydrogen (secondary N) is 3. The van der Waals surface area contributed by atoms with E-state index in [4.69, 9.17) is 0 Å². The van der Waals surface area contributed by atoms with Gasteiger partial charge in [0.05, 0.1) is 11.1 Å². The van der Waals surface area contributed by atoms with Crippen LogP contribution >= 0.6 is 0 Å². The molecule has 6 nitrogen and oxygen atoms in total. The molecule has 1 rings (SSSR count). The van der Waals surface area contributed by atoms with Gasteiger partial charge in [0.25, 0.3) is 0 Å². The van der Waals surface area contributed by atoms with E-state index in [1.807, 2.05) is 0 Å². The first kappa shape index (κ1) is 21.3. The molecule has 144 valence electrons. The lowest BCUT2D eigenvalue weighted by Gasteiger charge is -2.14. The maximum atomic E-state index is 12.7. The monoisotopic (exact) mass is 385 g/mol. The number of benzene rings is 1. The Balaban J connectivity index is 2.86. The van der Waals surface area contributed by atoms with Crippen LogP contribution in [0.4, 0.5) is 32.0 Å². The Morgan fingerprint density at radius 1 is 0.885 bits per heavy atom.